The van der Waals surface area contributed by atoms with Crippen molar-refractivity contribution < 1.29 is 14.3 Å². The minimum atomic E-state index is -0.225. The van der Waals surface area contributed by atoms with Crippen molar-refractivity contribution in [3.63, 3.8) is 0 Å². The number of carbonyl (C=O) groups is 1. The Morgan fingerprint density at radius 2 is 1.16 bits per heavy atom. The second-order valence-electron chi connectivity index (χ2n) is 14.3. The van der Waals surface area contributed by atoms with E-state index in [9.17, 15) is 4.79 Å². The number of carbonyl (C=O) groups excluding carboxylic acids is 1. The van der Waals surface area contributed by atoms with Gasteiger partial charge in [0, 0.05) is 52.0 Å². The Morgan fingerprint density at radius 1 is 0.672 bits per heavy atom. The fraction of sp³-hybridized carbons (Fsp3) is 0.436. The van der Waals surface area contributed by atoms with Gasteiger partial charge in [-0.15, -0.1) is 0 Å². The molecule has 19 nitrogen and oxygen atoms in total. The summed E-state index contributed by atoms with van der Waals surface area (Å²) in [5.74, 6) is 2.35. The van der Waals surface area contributed by atoms with Gasteiger partial charge in [-0.25, -0.2) is 34.7 Å². The molecule has 9 rings (SSSR count). The second kappa shape index (κ2) is 19.5. The number of anilines is 3. The molecule has 0 saturated carbocycles. The highest BCUT2D eigenvalue weighted by Gasteiger charge is 2.28. The average Bonchev–Trinajstić information content (AvgIpc) is 3.96. The Balaban J connectivity index is 0.000000153. The van der Waals surface area contributed by atoms with E-state index in [0.717, 1.165) is 60.8 Å². The van der Waals surface area contributed by atoms with Crippen molar-refractivity contribution in [3.8, 4) is 11.4 Å². The summed E-state index contributed by atoms with van der Waals surface area (Å²) in [6.07, 6.45) is 7.09. The summed E-state index contributed by atoms with van der Waals surface area (Å²) in [5, 5.41) is 6.20. The van der Waals surface area contributed by atoms with Gasteiger partial charge in [-0.1, -0.05) is 25.4 Å². The third-order valence-electron chi connectivity index (χ3n) is 10.3. The molecule has 2 atom stereocenters. The van der Waals surface area contributed by atoms with Crippen molar-refractivity contribution in [1.82, 2.24) is 63.9 Å². The molecule has 0 bridgehead atoms. The van der Waals surface area contributed by atoms with Crippen LogP contribution in [0.2, 0.25) is 15.7 Å². The molecule has 1 aromatic carbocycles. The van der Waals surface area contributed by atoms with Gasteiger partial charge in [-0.2, -0.15) is 15.0 Å². The van der Waals surface area contributed by atoms with Crippen LogP contribution >= 0.6 is 34.8 Å². The van der Waals surface area contributed by atoms with Crippen LogP contribution in [0.25, 0.3) is 44.9 Å². The topological polar surface area (TPSA) is 197 Å². The van der Waals surface area contributed by atoms with Gasteiger partial charge in [-0.3, -0.25) is 0 Å². The number of nitrogens with one attached hydrogen (secondary N) is 2. The second-order valence-corrected chi connectivity index (χ2v) is 15.3. The number of morpholine rings is 2. The lowest BCUT2D eigenvalue weighted by Crippen LogP contribution is -2.45. The minimum Gasteiger partial charge on any atom is -0.377 e. The largest absolute Gasteiger partial charge is 0.377 e. The van der Waals surface area contributed by atoms with E-state index in [2.05, 4.69) is 69.2 Å². The van der Waals surface area contributed by atoms with Gasteiger partial charge in [0.05, 0.1) is 57.5 Å². The molecule has 6 aromatic heterocycles. The van der Waals surface area contributed by atoms with Crippen LogP contribution in [-0.2, 0) is 30.6 Å². The number of fused-ring (bicyclic) bond motifs is 3. The van der Waals surface area contributed by atoms with E-state index in [4.69, 9.17) is 54.2 Å². The number of ether oxygens (including phenoxy) is 2. The molecular weight excluding hydrogens is 847 g/mol. The molecule has 22 heteroatoms. The lowest BCUT2D eigenvalue weighted by Gasteiger charge is -2.36. The highest BCUT2D eigenvalue weighted by Crippen LogP contribution is 2.31. The van der Waals surface area contributed by atoms with Crippen molar-refractivity contribution in [2.24, 2.45) is 21.1 Å². The van der Waals surface area contributed by atoms with Crippen LogP contribution in [0.5, 0.6) is 0 Å². The van der Waals surface area contributed by atoms with E-state index < -0.39 is 0 Å². The number of halogens is 3. The van der Waals surface area contributed by atoms with Crippen LogP contribution in [0.1, 0.15) is 33.6 Å². The lowest BCUT2D eigenvalue weighted by atomic mass is 10.1. The fourth-order valence-electron chi connectivity index (χ4n) is 7.14. The maximum absolute atomic E-state index is 11.7. The van der Waals surface area contributed by atoms with Gasteiger partial charge in [-0.05, 0) is 67.2 Å². The van der Waals surface area contributed by atoms with Crippen LogP contribution in [-0.4, -0.2) is 123 Å². The quantitative estimate of drug-likeness (QED) is 0.138. The fourth-order valence-corrected chi connectivity index (χ4v) is 7.81. The van der Waals surface area contributed by atoms with Gasteiger partial charge in [0.25, 0.3) is 0 Å². The van der Waals surface area contributed by atoms with E-state index >= 15 is 0 Å². The first-order valence-corrected chi connectivity index (χ1v) is 21.0. The number of hydrogen-bond donors (Lipinski definition) is 2. The SMILES string of the molecule is CCNC(=O)Nc1ccc(-c2nc(N3CCOC[C@@H]3CC)c3c(ncn3C)n2)cc1.CC[C@H]1COCCN1c1nc(Cl)nc2ncn(C)c12.Cn1cnc2nc(Cl)nc(Cl)c21. The van der Waals surface area contributed by atoms with Gasteiger partial charge in [0.1, 0.15) is 16.6 Å². The number of amides is 2. The summed E-state index contributed by atoms with van der Waals surface area (Å²) >= 11 is 17.4. The molecule has 7 aromatic rings. The lowest BCUT2D eigenvalue weighted by molar-refractivity contribution is 0.0926. The van der Waals surface area contributed by atoms with Crippen LogP contribution in [0.3, 0.4) is 0 Å². The van der Waals surface area contributed by atoms with Crippen molar-refractivity contribution in [3.05, 3.63) is 59.0 Å². The molecule has 2 saturated heterocycles. The molecule has 322 valence electrons. The number of aryl methyl sites for hydroxylation is 3. The molecule has 2 N–H and O–H groups in total. The molecule has 2 aliphatic rings. The summed E-state index contributed by atoms with van der Waals surface area (Å²) < 4.78 is 16.9. The molecule has 0 unspecified atom stereocenters. The highest BCUT2D eigenvalue weighted by molar-refractivity contribution is 6.35. The van der Waals surface area contributed by atoms with Crippen molar-refractivity contribution >= 4 is 91.6 Å². The molecule has 0 spiro atoms. The molecular formula is C39H47Cl3N16O3. The molecule has 2 amide bonds. The third-order valence-corrected chi connectivity index (χ3v) is 10.9. The maximum Gasteiger partial charge on any atom is 0.319 e. The van der Waals surface area contributed by atoms with E-state index in [1.165, 1.54) is 0 Å². The summed E-state index contributed by atoms with van der Waals surface area (Å²) in [4.78, 5) is 54.9. The van der Waals surface area contributed by atoms with E-state index in [1.807, 2.05) is 61.5 Å². The van der Waals surface area contributed by atoms with E-state index in [0.29, 0.717) is 71.5 Å². The van der Waals surface area contributed by atoms with Crippen LogP contribution in [0.15, 0.2) is 43.2 Å². The summed E-state index contributed by atoms with van der Waals surface area (Å²) in [6.45, 7) is 11.1. The summed E-state index contributed by atoms with van der Waals surface area (Å²) in [5.41, 5.74) is 5.94. The Bertz CT molecular complexity index is 2620. The monoisotopic (exact) mass is 892 g/mol. The molecule has 2 fully saturated rings. The number of benzene rings is 1. The molecule has 8 heterocycles. The summed E-state index contributed by atoms with van der Waals surface area (Å²) in [6, 6.07) is 7.87. The average molecular weight is 894 g/mol. The first-order valence-electron chi connectivity index (χ1n) is 19.9. The van der Waals surface area contributed by atoms with Crippen molar-refractivity contribution in [1.29, 1.82) is 0 Å². The molecule has 2 aliphatic heterocycles. The van der Waals surface area contributed by atoms with E-state index in [1.54, 1.807) is 23.5 Å². The smallest absolute Gasteiger partial charge is 0.319 e. The number of rotatable bonds is 7. The zero-order chi connectivity index (χ0) is 43.2. The van der Waals surface area contributed by atoms with E-state index in [-0.39, 0.29) is 22.6 Å². The highest BCUT2D eigenvalue weighted by atomic mass is 35.5. The van der Waals surface area contributed by atoms with Crippen molar-refractivity contribution in [2.75, 3.05) is 61.2 Å². The van der Waals surface area contributed by atoms with Gasteiger partial charge < -0.3 is 43.6 Å². The number of nitrogens with zero attached hydrogens (tertiary/aromatic N) is 14. The number of hydrogen-bond acceptors (Lipinski definition) is 14. The number of urea groups is 1. The van der Waals surface area contributed by atoms with Gasteiger partial charge >= 0.3 is 6.03 Å². The first-order chi connectivity index (χ1) is 29.5. The van der Waals surface area contributed by atoms with Gasteiger partial charge in [0.2, 0.25) is 10.6 Å². The molecule has 61 heavy (non-hydrogen) atoms. The number of aromatic nitrogens is 12. The zero-order valence-electron chi connectivity index (χ0n) is 34.7. The maximum atomic E-state index is 11.7. The van der Waals surface area contributed by atoms with Crippen LogP contribution < -0.4 is 20.4 Å². The standard InChI is InChI=1S/C21H27N7O2.C12H16ClN5O.C6H4Cl2N4/c1-4-16-12-30-11-10-28(16)20-17-19(23-13-27(17)3)25-18(26-20)14-6-8-15(9-7-14)24-21(29)22-5-2;1-3-8-6-19-5-4-18(8)11-9-10(14-7-17(9)2)15-12(13)16-11;1-12-2-9-5-3(12)4(7)10-6(8)11-5/h6-9,13,16H,4-5,10-12H2,1-3H3,(H2,22,24,29);7-8H,3-6H2,1-2H3;2H,1H3/t16-;8-;/m00./s1. The van der Waals surface area contributed by atoms with Gasteiger partial charge in [0.15, 0.2) is 39.6 Å². The molecule has 0 aliphatic carbocycles. The predicted molar refractivity (Wildman–Crippen MR) is 237 cm³/mol. The number of imidazole rings is 3. The Labute approximate surface area is 366 Å². The zero-order valence-corrected chi connectivity index (χ0v) is 36.9. The van der Waals surface area contributed by atoms with Crippen molar-refractivity contribution in [2.45, 2.75) is 45.7 Å². The first kappa shape index (κ1) is 43.6. The normalized spacial score (nSPS) is 16.6. The Hall–Kier alpha value is -5.47. The van der Waals surface area contributed by atoms with Crippen LogP contribution in [0, 0.1) is 0 Å². The Morgan fingerprint density at radius 3 is 1.70 bits per heavy atom. The van der Waals surface area contributed by atoms with Crippen LogP contribution in [0.4, 0.5) is 22.1 Å². The molecule has 0 radical (unpaired) electrons. The minimum absolute atomic E-state index is 0.117. The Kier molecular flexibility index (Phi) is 13.9. The third kappa shape index (κ3) is 9.70. The predicted octanol–water partition coefficient (Wildman–Crippen LogP) is 6.09. The summed E-state index contributed by atoms with van der Waals surface area (Å²) in [7, 11) is 5.72.